The molecule has 0 bridgehead atoms. The number of rotatable bonds is 2. The van der Waals surface area contributed by atoms with Crippen LogP contribution in [0.4, 0.5) is 5.82 Å². The lowest BCUT2D eigenvalue weighted by Crippen LogP contribution is -2.08. The van der Waals surface area contributed by atoms with E-state index in [-0.39, 0.29) is 0 Å². The van der Waals surface area contributed by atoms with E-state index in [9.17, 15) is 0 Å². The summed E-state index contributed by atoms with van der Waals surface area (Å²) < 4.78 is 8.25. The normalized spacial score (nSPS) is 16.0. The average Bonchev–Trinajstić information content (AvgIpc) is 2.62. The highest BCUT2D eigenvalue weighted by Crippen LogP contribution is 2.37. The molecule has 82 valence electrons. The van der Waals surface area contributed by atoms with E-state index in [0.29, 0.717) is 5.82 Å². The number of nitrogens with zero attached hydrogens (tertiary/aromatic N) is 2. The van der Waals surface area contributed by atoms with E-state index in [4.69, 9.17) is 5.73 Å². The molecule has 1 aliphatic carbocycles. The van der Waals surface area contributed by atoms with E-state index >= 15 is 0 Å². The molecule has 3 nitrogen and oxygen atoms in total. The number of hydrogen-bond donors (Lipinski definition) is 1. The summed E-state index contributed by atoms with van der Waals surface area (Å²) in [6.07, 6.45) is 3.98. The molecule has 4 heteroatoms. The second-order valence-electron chi connectivity index (χ2n) is 4.25. The van der Waals surface area contributed by atoms with Gasteiger partial charge in [-0.3, -0.25) is 0 Å². The first-order valence-electron chi connectivity index (χ1n) is 5.53. The van der Waals surface area contributed by atoms with Crippen molar-refractivity contribution in [2.24, 2.45) is 0 Å². The fourth-order valence-corrected chi connectivity index (χ4v) is 2.57. The van der Waals surface area contributed by atoms with Gasteiger partial charge in [0.2, 0.25) is 0 Å². The summed E-state index contributed by atoms with van der Waals surface area (Å²) in [6.45, 7) is 0. The average molecular weight is 231 g/mol. The highest BCUT2D eigenvalue weighted by molar-refractivity contribution is 6.99. The van der Waals surface area contributed by atoms with Crippen LogP contribution in [0.3, 0.4) is 0 Å². The van der Waals surface area contributed by atoms with Gasteiger partial charge < -0.3 is 5.73 Å². The Morgan fingerprint density at radius 1 is 1.25 bits per heavy atom. The Bertz CT molecular complexity index is 502. The lowest BCUT2D eigenvalue weighted by atomic mass is 9.79. The second-order valence-corrected chi connectivity index (χ2v) is 4.78. The molecule has 0 atom stereocenters. The second kappa shape index (κ2) is 3.87. The maximum atomic E-state index is 5.78. The molecule has 3 rings (SSSR count). The van der Waals surface area contributed by atoms with Crippen molar-refractivity contribution in [2.45, 2.75) is 25.2 Å². The molecular formula is C12H13N3S. The minimum absolute atomic E-state index is 0.538. The first kappa shape index (κ1) is 9.78. The zero-order chi connectivity index (χ0) is 11.0. The fraction of sp³-hybridized carbons (Fsp3) is 0.333. The van der Waals surface area contributed by atoms with E-state index in [1.54, 1.807) is 0 Å². The van der Waals surface area contributed by atoms with Gasteiger partial charge in [0.25, 0.3) is 0 Å². The van der Waals surface area contributed by atoms with Crippen molar-refractivity contribution < 1.29 is 0 Å². The lowest BCUT2D eigenvalue weighted by molar-refractivity contribution is 0.420. The minimum Gasteiger partial charge on any atom is -0.381 e. The molecule has 16 heavy (non-hydrogen) atoms. The summed E-state index contributed by atoms with van der Waals surface area (Å²) >= 11 is 1.17. The molecule has 1 saturated carbocycles. The van der Waals surface area contributed by atoms with Crippen molar-refractivity contribution in [3.63, 3.8) is 0 Å². The molecule has 0 spiro atoms. The number of nitrogen functional groups attached to an aromatic ring is 1. The Balaban J connectivity index is 1.98. The minimum atomic E-state index is 0.538. The highest BCUT2D eigenvalue weighted by atomic mass is 32.1. The standard InChI is InChI=1S/C12H13N3S/c13-12-11(14-16-15-12)10-6-2-5-9(7-10)8-3-1-4-8/h2,5-8H,1,3-4H2,(H2,13,15). The zero-order valence-corrected chi connectivity index (χ0v) is 9.70. The molecular weight excluding hydrogens is 218 g/mol. The maximum Gasteiger partial charge on any atom is 0.165 e. The summed E-state index contributed by atoms with van der Waals surface area (Å²) in [5.74, 6) is 1.28. The number of hydrogen-bond acceptors (Lipinski definition) is 4. The SMILES string of the molecule is Nc1nsnc1-c1cccc(C2CCC2)c1. The predicted octanol–water partition coefficient (Wildman–Crippen LogP) is 3.05. The molecule has 0 amide bonds. The topological polar surface area (TPSA) is 51.8 Å². The van der Waals surface area contributed by atoms with Gasteiger partial charge in [0.1, 0.15) is 5.69 Å². The Hall–Kier alpha value is -1.42. The number of benzene rings is 1. The summed E-state index contributed by atoms with van der Waals surface area (Å²) in [5, 5.41) is 0. The van der Waals surface area contributed by atoms with Gasteiger partial charge in [-0.2, -0.15) is 8.75 Å². The lowest BCUT2D eigenvalue weighted by Gasteiger charge is -2.26. The van der Waals surface area contributed by atoms with E-state index in [0.717, 1.165) is 17.2 Å². The van der Waals surface area contributed by atoms with Crippen LogP contribution >= 0.6 is 11.7 Å². The fourth-order valence-electron chi connectivity index (χ4n) is 2.08. The quantitative estimate of drug-likeness (QED) is 0.864. The Morgan fingerprint density at radius 2 is 2.12 bits per heavy atom. The van der Waals surface area contributed by atoms with E-state index < -0.39 is 0 Å². The maximum absolute atomic E-state index is 5.78. The Morgan fingerprint density at radius 3 is 2.75 bits per heavy atom. The van der Waals surface area contributed by atoms with Crippen molar-refractivity contribution in [3.05, 3.63) is 29.8 Å². The molecule has 0 radical (unpaired) electrons. The largest absolute Gasteiger partial charge is 0.381 e. The van der Waals surface area contributed by atoms with Crippen LogP contribution in [0.25, 0.3) is 11.3 Å². The van der Waals surface area contributed by atoms with Crippen LogP contribution in [-0.2, 0) is 0 Å². The van der Waals surface area contributed by atoms with Crippen LogP contribution in [0.15, 0.2) is 24.3 Å². The predicted molar refractivity (Wildman–Crippen MR) is 66.3 cm³/mol. The molecule has 1 heterocycles. The van der Waals surface area contributed by atoms with Gasteiger partial charge in [0.05, 0.1) is 11.7 Å². The van der Waals surface area contributed by atoms with Crippen LogP contribution in [0.1, 0.15) is 30.7 Å². The molecule has 1 aliphatic rings. The summed E-state index contributed by atoms with van der Waals surface area (Å²) in [4.78, 5) is 0. The van der Waals surface area contributed by atoms with Crippen molar-refractivity contribution in [1.29, 1.82) is 0 Å². The van der Waals surface area contributed by atoms with Gasteiger partial charge in [0.15, 0.2) is 5.82 Å². The third-order valence-electron chi connectivity index (χ3n) is 3.25. The third kappa shape index (κ3) is 1.59. The summed E-state index contributed by atoms with van der Waals surface area (Å²) in [5.41, 5.74) is 9.11. The molecule has 1 fully saturated rings. The zero-order valence-electron chi connectivity index (χ0n) is 8.89. The van der Waals surface area contributed by atoms with Gasteiger partial charge >= 0.3 is 0 Å². The van der Waals surface area contributed by atoms with Crippen LogP contribution in [0, 0.1) is 0 Å². The molecule has 0 aliphatic heterocycles. The monoisotopic (exact) mass is 231 g/mol. The van der Waals surface area contributed by atoms with Crippen molar-refractivity contribution >= 4 is 17.5 Å². The van der Waals surface area contributed by atoms with E-state index in [1.165, 1.54) is 36.6 Å². The number of nitrogens with two attached hydrogens (primary N) is 1. The first-order chi connectivity index (χ1) is 7.84. The molecule has 2 N–H and O–H groups in total. The van der Waals surface area contributed by atoms with Gasteiger partial charge in [-0.05, 0) is 30.4 Å². The van der Waals surface area contributed by atoms with E-state index in [2.05, 4.69) is 33.0 Å². The molecule has 2 aromatic rings. The van der Waals surface area contributed by atoms with Gasteiger partial charge in [-0.25, -0.2) is 0 Å². The highest BCUT2D eigenvalue weighted by Gasteiger charge is 2.20. The molecule has 1 aromatic carbocycles. The summed E-state index contributed by atoms with van der Waals surface area (Å²) in [7, 11) is 0. The Labute approximate surface area is 98.6 Å². The molecule has 1 aromatic heterocycles. The van der Waals surface area contributed by atoms with Crippen molar-refractivity contribution in [1.82, 2.24) is 8.75 Å². The van der Waals surface area contributed by atoms with Crippen LogP contribution < -0.4 is 5.73 Å². The Kier molecular flexibility index (Phi) is 2.36. The first-order valence-corrected chi connectivity index (χ1v) is 6.26. The van der Waals surface area contributed by atoms with Crippen LogP contribution in [0.5, 0.6) is 0 Å². The van der Waals surface area contributed by atoms with Gasteiger partial charge in [0, 0.05) is 5.56 Å². The van der Waals surface area contributed by atoms with Gasteiger partial charge in [-0.1, -0.05) is 24.6 Å². The molecule has 0 unspecified atom stereocenters. The molecule has 0 saturated heterocycles. The number of aromatic nitrogens is 2. The van der Waals surface area contributed by atoms with Crippen LogP contribution in [0.2, 0.25) is 0 Å². The number of anilines is 1. The smallest absolute Gasteiger partial charge is 0.165 e. The van der Waals surface area contributed by atoms with Crippen molar-refractivity contribution in [2.75, 3.05) is 5.73 Å². The third-order valence-corrected chi connectivity index (χ3v) is 3.79. The summed E-state index contributed by atoms with van der Waals surface area (Å²) in [6, 6.07) is 8.54. The van der Waals surface area contributed by atoms with E-state index in [1.807, 2.05) is 0 Å². The van der Waals surface area contributed by atoms with Crippen molar-refractivity contribution in [3.8, 4) is 11.3 Å². The van der Waals surface area contributed by atoms with Gasteiger partial charge in [-0.15, -0.1) is 0 Å². The van der Waals surface area contributed by atoms with Crippen LogP contribution in [-0.4, -0.2) is 8.75 Å².